The number of nitrogens with zero attached hydrogens (tertiary/aromatic N) is 1. The first kappa shape index (κ1) is 12.4. The molecule has 0 aromatic heterocycles. The highest BCUT2D eigenvalue weighted by atomic mass is 127. The maximum atomic E-state index is 10.7. The highest BCUT2D eigenvalue weighted by Crippen LogP contribution is 1.98. The Morgan fingerprint density at radius 2 is 2.08 bits per heavy atom. The molecule has 72 valence electrons. The molecule has 0 spiro atoms. The van der Waals surface area contributed by atoms with Gasteiger partial charge in [0, 0.05) is 13.1 Å². The predicted molar refractivity (Wildman–Crippen MR) is 62.8 cm³/mol. The number of carbonyl (C=O) groups is 1. The molecular formula is C9H13IN2O. The zero-order chi connectivity index (χ0) is 10.3. The second-order valence-electron chi connectivity index (χ2n) is 2.47. The molecule has 4 heteroatoms. The normalized spacial score (nSPS) is 12.8. The van der Waals surface area contributed by atoms with Gasteiger partial charge in [-0.25, -0.2) is 5.84 Å². The maximum Gasteiger partial charge on any atom is 0.237 e. The number of rotatable bonds is 3. The fourth-order valence-corrected chi connectivity index (χ4v) is 1.11. The highest BCUT2D eigenvalue weighted by molar-refractivity contribution is 14.1. The topological polar surface area (TPSA) is 46.3 Å². The van der Waals surface area contributed by atoms with Crippen LogP contribution in [0.4, 0.5) is 0 Å². The van der Waals surface area contributed by atoms with Crippen molar-refractivity contribution in [2.75, 3.05) is 0 Å². The molecule has 0 bridgehead atoms. The van der Waals surface area contributed by atoms with Gasteiger partial charge >= 0.3 is 0 Å². The average molecular weight is 292 g/mol. The summed E-state index contributed by atoms with van der Waals surface area (Å²) in [6, 6.07) is 0. The second kappa shape index (κ2) is 6.85. The molecule has 0 fully saturated rings. The van der Waals surface area contributed by atoms with Crippen molar-refractivity contribution in [3.05, 3.63) is 34.1 Å². The minimum atomic E-state index is -0.188. The highest BCUT2D eigenvalue weighted by Gasteiger charge is 1.93. The number of nitrogens with two attached hydrogens (primary N) is 1. The van der Waals surface area contributed by atoms with Crippen LogP contribution in [0.2, 0.25) is 0 Å². The minimum Gasteiger partial charge on any atom is -0.273 e. The van der Waals surface area contributed by atoms with Gasteiger partial charge in [-0.3, -0.25) is 9.80 Å². The first-order valence-corrected chi connectivity index (χ1v) is 4.99. The van der Waals surface area contributed by atoms with E-state index in [2.05, 4.69) is 22.6 Å². The molecule has 0 aromatic rings. The van der Waals surface area contributed by atoms with Gasteiger partial charge in [0.05, 0.1) is 0 Å². The van der Waals surface area contributed by atoms with Crippen LogP contribution in [0.25, 0.3) is 0 Å². The molecule has 0 aliphatic heterocycles. The lowest BCUT2D eigenvalue weighted by molar-refractivity contribution is -0.126. The summed E-state index contributed by atoms with van der Waals surface area (Å²) < 4.78 is 1.92. The standard InChI is InChI=1S/C9H13IN2O/c1-8(5-6-10)4-3-7-12(11)9(2)13/h3-7H,11H2,1-2H3/b6-5-,7-3+,8-4-. The molecule has 0 radical (unpaired) electrons. The Morgan fingerprint density at radius 1 is 1.46 bits per heavy atom. The Kier molecular flexibility index (Phi) is 6.52. The molecule has 13 heavy (non-hydrogen) atoms. The summed E-state index contributed by atoms with van der Waals surface area (Å²) in [5.74, 6) is 5.14. The summed E-state index contributed by atoms with van der Waals surface area (Å²) in [5.41, 5.74) is 1.10. The Labute approximate surface area is 92.1 Å². The fourth-order valence-electron chi connectivity index (χ4n) is 0.547. The number of hydrogen-bond donors (Lipinski definition) is 1. The molecular weight excluding hydrogens is 279 g/mol. The molecule has 0 atom stereocenters. The van der Waals surface area contributed by atoms with Crippen LogP contribution in [0.1, 0.15) is 13.8 Å². The molecule has 0 unspecified atom stereocenters. The van der Waals surface area contributed by atoms with Gasteiger partial charge in [0.15, 0.2) is 0 Å². The van der Waals surface area contributed by atoms with Crippen LogP contribution < -0.4 is 5.84 Å². The molecule has 0 aromatic carbocycles. The van der Waals surface area contributed by atoms with E-state index in [4.69, 9.17) is 5.84 Å². The number of allylic oxidation sites excluding steroid dienone is 4. The number of amides is 1. The smallest absolute Gasteiger partial charge is 0.237 e. The molecule has 0 aliphatic carbocycles. The zero-order valence-corrected chi connectivity index (χ0v) is 9.86. The van der Waals surface area contributed by atoms with Crippen LogP contribution >= 0.6 is 22.6 Å². The van der Waals surface area contributed by atoms with E-state index < -0.39 is 0 Å². The molecule has 3 nitrogen and oxygen atoms in total. The fraction of sp³-hybridized carbons (Fsp3) is 0.222. The first-order valence-electron chi connectivity index (χ1n) is 3.74. The summed E-state index contributed by atoms with van der Waals surface area (Å²) in [6.07, 6.45) is 7.08. The van der Waals surface area contributed by atoms with Crippen LogP contribution in [0, 0.1) is 0 Å². The third-order valence-electron chi connectivity index (χ3n) is 1.30. The molecule has 0 aliphatic rings. The summed E-state index contributed by atoms with van der Waals surface area (Å²) in [5, 5.41) is 1.04. The quantitative estimate of drug-likeness (QED) is 0.285. The maximum absolute atomic E-state index is 10.7. The lowest BCUT2D eigenvalue weighted by atomic mass is 10.3. The van der Waals surface area contributed by atoms with Gasteiger partial charge in [0.1, 0.15) is 0 Å². The minimum absolute atomic E-state index is 0.188. The van der Waals surface area contributed by atoms with E-state index in [9.17, 15) is 4.79 Å². The number of halogens is 1. The SMILES string of the molecule is CC(=O)N(N)/C=C/C=C(C)\C=C/I. The number of hydrogen-bond acceptors (Lipinski definition) is 2. The van der Waals surface area contributed by atoms with Gasteiger partial charge < -0.3 is 0 Å². The number of hydrazine groups is 1. The van der Waals surface area contributed by atoms with Gasteiger partial charge in [-0.1, -0.05) is 40.3 Å². The van der Waals surface area contributed by atoms with Crippen LogP contribution in [-0.2, 0) is 4.79 Å². The van der Waals surface area contributed by atoms with Crippen LogP contribution in [0.3, 0.4) is 0 Å². The zero-order valence-electron chi connectivity index (χ0n) is 7.70. The number of carbonyl (C=O) groups excluding carboxylic acids is 1. The summed E-state index contributed by atoms with van der Waals surface area (Å²) in [7, 11) is 0. The molecule has 0 rings (SSSR count). The van der Waals surface area contributed by atoms with Crippen molar-refractivity contribution in [3.8, 4) is 0 Å². The first-order chi connectivity index (χ1) is 6.07. The molecule has 0 heterocycles. The third-order valence-corrected chi connectivity index (χ3v) is 1.65. The molecule has 0 saturated carbocycles. The van der Waals surface area contributed by atoms with Crippen LogP contribution in [0.15, 0.2) is 34.1 Å². The van der Waals surface area contributed by atoms with E-state index in [1.165, 1.54) is 13.1 Å². The Morgan fingerprint density at radius 3 is 2.54 bits per heavy atom. The van der Waals surface area contributed by atoms with Gasteiger partial charge in [0.2, 0.25) is 5.91 Å². The van der Waals surface area contributed by atoms with Crippen molar-refractivity contribution >= 4 is 28.5 Å². The predicted octanol–water partition coefficient (Wildman–Crippen LogP) is 2.12. The van der Waals surface area contributed by atoms with Gasteiger partial charge in [-0.05, 0) is 17.1 Å². The lowest BCUT2D eigenvalue weighted by Crippen LogP contribution is -2.29. The Balaban J connectivity index is 4.14. The van der Waals surface area contributed by atoms with Crippen molar-refractivity contribution in [2.45, 2.75) is 13.8 Å². The van der Waals surface area contributed by atoms with E-state index in [0.717, 1.165) is 10.6 Å². The van der Waals surface area contributed by atoms with E-state index in [-0.39, 0.29) is 5.91 Å². The Bertz CT molecular complexity index is 256. The molecule has 0 saturated heterocycles. The monoisotopic (exact) mass is 292 g/mol. The summed E-state index contributed by atoms with van der Waals surface area (Å²) >= 11 is 2.14. The van der Waals surface area contributed by atoms with Crippen molar-refractivity contribution < 1.29 is 4.79 Å². The van der Waals surface area contributed by atoms with Crippen molar-refractivity contribution in [1.29, 1.82) is 0 Å². The van der Waals surface area contributed by atoms with Gasteiger partial charge in [-0.2, -0.15) is 0 Å². The van der Waals surface area contributed by atoms with Gasteiger partial charge in [-0.15, -0.1) is 0 Å². The second-order valence-corrected chi connectivity index (χ2v) is 3.19. The van der Waals surface area contributed by atoms with E-state index in [0.29, 0.717) is 0 Å². The molecule has 1 amide bonds. The van der Waals surface area contributed by atoms with Crippen LogP contribution in [-0.4, -0.2) is 10.9 Å². The van der Waals surface area contributed by atoms with E-state index >= 15 is 0 Å². The molecule has 2 N–H and O–H groups in total. The summed E-state index contributed by atoms with van der Waals surface area (Å²) in [4.78, 5) is 10.7. The largest absolute Gasteiger partial charge is 0.273 e. The van der Waals surface area contributed by atoms with Crippen molar-refractivity contribution in [2.24, 2.45) is 5.84 Å². The van der Waals surface area contributed by atoms with Gasteiger partial charge in [0.25, 0.3) is 0 Å². The third kappa shape index (κ3) is 6.53. The average Bonchev–Trinajstić information content (AvgIpc) is 2.04. The van der Waals surface area contributed by atoms with Crippen molar-refractivity contribution in [3.63, 3.8) is 0 Å². The Hall–Kier alpha value is -0.620. The van der Waals surface area contributed by atoms with E-state index in [1.54, 1.807) is 6.08 Å². The van der Waals surface area contributed by atoms with E-state index in [1.807, 2.05) is 23.2 Å². The van der Waals surface area contributed by atoms with Crippen molar-refractivity contribution in [1.82, 2.24) is 5.01 Å². The summed E-state index contributed by atoms with van der Waals surface area (Å²) in [6.45, 7) is 3.37. The lowest BCUT2D eigenvalue weighted by Gasteiger charge is -2.05. The van der Waals surface area contributed by atoms with Crippen LogP contribution in [0.5, 0.6) is 0 Å².